The molecule has 0 unspecified atom stereocenters. The molecule has 5 aromatic rings. The van der Waals surface area contributed by atoms with Crippen LogP contribution in [0.3, 0.4) is 0 Å². The Morgan fingerprint density at radius 3 is 1.11 bits per heavy atom. The molecular formula is C34H25I6O4S+. The molecule has 0 aliphatic heterocycles. The lowest BCUT2D eigenvalue weighted by atomic mass is 10.3. The average molecular weight is 1290 g/mol. The second kappa shape index (κ2) is 18.1. The number of halogens is 6. The van der Waals surface area contributed by atoms with E-state index in [1.165, 1.54) is 21.8 Å². The Morgan fingerprint density at radius 2 is 0.733 bits per heavy atom. The normalized spacial score (nSPS) is 11.0. The molecule has 0 atom stereocenters. The topological polar surface area (TPSA) is 36.9 Å². The monoisotopic (exact) mass is 1290 g/mol. The van der Waals surface area contributed by atoms with E-state index >= 15 is 0 Å². The molecule has 5 aromatic carbocycles. The van der Waals surface area contributed by atoms with Gasteiger partial charge in [0, 0.05) is 7.14 Å². The Kier molecular flexibility index (Phi) is 14.6. The first kappa shape index (κ1) is 36.3. The molecule has 5 rings (SSSR count). The van der Waals surface area contributed by atoms with Crippen LogP contribution in [0.1, 0.15) is 0 Å². The van der Waals surface area contributed by atoms with Gasteiger partial charge in [0.15, 0.2) is 14.7 Å². The van der Waals surface area contributed by atoms with Crippen LogP contribution in [0, 0.1) is 21.4 Å². The van der Waals surface area contributed by atoms with E-state index in [2.05, 4.69) is 214 Å². The van der Waals surface area contributed by atoms with Crippen LogP contribution in [0.2, 0.25) is 0 Å². The second-order valence-electron chi connectivity index (χ2n) is 9.35. The van der Waals surface area contributed by atoms with Gasteiger partial charge < -0.3 is 18.9 Å². The number of rotatable bonds is 13. The maximum Gasteiger partial charge on any atom is 0.166 e. The van der Waals surface area contributed by atoms with Crippen molar-refractivity contribution in [3.63, 3.8) is 0 Å². The molecule has 0 bridgehead atoms. The first-order valence-corrected chi connectivity index (χ1v) is 21.3. The van der Waals surface area contributed by atoms with Crippen LogP contribution in [0.4, 0.5) is 0 Å². The van der Waals surface area contributed by atoms with E-state index in [1.807, 2.05) is 24.3 Å². The predicted octanol–water partition coefficient (Wildman–Crippen LogP) is 11.3. The molecule has 0 amide bonds. The molecule has 11 heteroatoms. The molecular weight excluding hydrogens is 1270 g/mol. The number of ether oxygens (including phenoxy) is 4. The molecule has 45 heavy (non-hydrogen) atoms. The van der Waals surface area contributed by atoms with Crippen molar-refractivity contribution < 1.29 is 18.9 Å². The van der Waals surface area contributed by atoms with Gasteiger partial charge in [0.25, 0.3) is 0 Å². The lowest BCUT2D eigenvalue weighted by Gasteiger charge is -2.13. The summed E-state index contributed by atoms with van der Waals surface area (Å²) in [5.41, 5.74) is 0. The smallest absolute Gasteiger partial charge is 0.166 e. The van der Waals surface area contributed by atoms with E-state index in [-0.39, 0.29) is 10.9 Å². The first-order valence-electron chi connectivity index (χ1n) is 13.6. The highest BCUT2D eigenvalue weighted by Gasteiger charge is 2.28. The third kappa shape index (κ3) is 10.5. The van der Waals surface area contributed by atoms with Gasteiger partial charge in [-0.3, -0.25) is 0 Å². The van der Waals surface area contributed by atoms with Crippen LogP contribution in [0.5, 0.6) is 23.0 Å². The third-order valence-corrected chi connectivity index (χ3v) is 12.9. The maximum absolute atomic E-state index is 6.04. The molecule has 0 spiro atoms. The Bertz CT molecular complexity index is 1570. The van der Waals surface area contributed by atoms with Gasteiger partial charge in [-0.1, -0.05) is 18.2 Å². The van der Waals surface area contributed by atoms with Crippen molar-refractivity contribution in [2.75, 3.05) is 26.4 Å². The van der Waals surface area contributed by atoms with Crippen LogP contribution in [0.15, 0.2) is 118 Å². The average Bonchev–Trinajstić information content (AvgIpc) is 3.01. The SMILES string of the molecule is Ic1cc(I)c(OCCOc2ccc([S+](c3ccccc3)c3ccc(OCCOc4c(I)cc(I)cc4I)cc3)cc2)c(I)c1. The minimum absolute atomic E-state index is 0.275. The van der Waals surface area contributed by atoms with Gasteiger partial charge in [-0.15, -0.1) is 0 Å². The highest BCUT2D eigenvalue weighted by molar-refractivity contribution is 14.1. The summed E-state index contributed by atoms with van der Waals surface area (Å²) in [6.45, 7) is 1.90. The standard InChI is InChI=1S/C34H25I6O4S/c35-22-18-29(37)33(30(38)19-22)43-16-14-41-24-6-10-27(11-7-24)45(26-4-2-1-3-5-26)28-12-8-25(9-13-28)42-15-17-44-34-31(39)20-23(36)21-32(34)40/h1-13,18-21H,14-17H2/q+1. The maximum atomic E-state index is 6.04. The second-order valence-corrected chi connectivity index (χ2v) is 18.5. The highest BCUT2D eigenvalue weighted by atomic mass is 127. The fourth-order valence-corrected chi connectivity index (χ4v) is 14.1. The molecule has 0 fully saturated rings. The third-order valence-electron chi connectivity index (χ3n) is 6.22. The van der Waals surface area contributed by atoms with Crippen molar-refractivity contribution in [3.8, 4) is 23.0 Å². The van der Waals surface area contributed by atoms with Crippen LogP contribution < -0.4 is 18.9 Å². The summed E-state index contributed by atoms with van der Waals surface area (Å²) in [6, 6.07) is 35.9. The van der Waals surface area contributed by atoms with Crippen molar-refractivity contribution in [2.24, 2.45) is 0 Å². The molecule has 4 nitrogen and oxygen atoms in total. The Labute approximate surface area is 348 Å². The number of hydrogen-bond acceptors (Lipinski definition) is 4. The Hall–Kier alpha value is 0.0300. The van der Waals surface area contributed by atoms with Crippen molar-refractivity contribution in [3.05, 3.63) is 125 Å². The fourth-order valence-electron chi connectivity index (χ4n) is 4.25. The van der Waals surface area contributed by atoms with Crippen LogP contribution >= 0.6 is 136 Å². The highest BCUT2D eigenvalue weighted by Crippen LogP contribution is 2.34. The zero-order valence-electron chi connectivity index (χ0n) is 23.5. The van der Waals surface area contributed by atoms with Gasteiger partial charge >= 0.3 is 0 Å². The summed E-state index contributed by atoms with van der Waals surface area (Å²) in [5.74, 6) is 3.48. The number of benzene rings is 5. The lowest BCUT2D eigenvalue weighted by molar-refractivity contribution is 0.215. The minimum Gasteiger partial charge on any atom is -0.490 e. The van der Waals surface area contributed by atoms with Gasteiger partial charge in [-0.25, -0.2) is 0 Å². The van der Waals surface area contributed by atoms with Gasteiger partial charge in [0.2, 0.25) is 0 Å². The van der Waals surface area contributed by atoms with E-state index in [0.717, 1.165) is 37.3 Å². The summed E-state index contributed by atoms with van der Waals surface area (Å²) in [6.07, 6.45) is 0. The Balaban J connectivity index is 1.20. The van der Waals surface area contributed by atoms with Gasteiger partial charge in [-0.2, -0.15) is 0 Å². The zero-order valence-corrected chi connectivity index (χ0v) is 37.2. The van der Waals surface area contributed by atoms with E-state index in [0.29, 0.717) is 26.4 Å². The number of hydrogen-bond donors (Lipinski definition) is 0. The van der Waals surface area contributed by atoms with E-state index in [9.17, 15) is 0 Å². The van der Waals surface area contributed by atoms with Crippen molar-refractivity contribution in [1.29, 1.82) is 0 Å². The van der Waals surface area contributed by atoms with Crippen LogP contribution in [-0.2, 0) is 10.9 Å². The molecule has 0 saturated carbocycles. The molecule has 0 N–H and O–H groups in total. The van der Waals surface area contributed by atoms with E-state index < -0.39 is 0 Å². The summed E-state index contributed by atoms with van der Waals surface area (Å²) in [7, 11) is -0.275. The van der Waals surface area contributed by atoms with Crippen LogP contribution in [0.25, 0.3) is 0 Å². The lowest BCUT2D eigenvalue weighted by Crippen LogP contribution is -2.11. The molecule has 0 radical (unpaired) electrons. The molecule has 0 aliphatic carbocycles. The zero-order chi connectivity index (χ0) is 31.8. The summed E-state index contributed by atoms with van der Waals surface area (Å²) in [5, 5.41) is 0. The van der Waals surface area contributed by atoms with Crippen molar-refractivity contribution in [1.82, 2.24) is 0 Å². The first-order chi connectivity index (χ1) is 21.8. The van der Waals surface area contributed by atoms with Crippen LogP contribution in [-0.4, -0.2) is 26.4 Å². The van der Waals surface area contributed by atoms with Crippen molar-refractivity contribution in [2.45, 2.75) is 14.7 Å². The largest absolute Gasteiger partial charge is 0.490 e. The summed E-state index contributed by atoms with van der Waals surface area (Å²) in [4.78, 5) is 3.69. The minimum atomic E-state index is -0.275. The van der Waals surface area contributed by atoms with E-state index in [4.69, 9.17) is 18.9 Å². The van der Waals surface area contributed by atoms with Crippen molar-refractivity contribution >= 4 is 146 Å². The summed E-state index contributed by atoms with van der Waals surface area (Å²) < 4.78 is 31.0. The predicted molar refractivity (Wildman–Crippen MR) is 233 cm³/mol. The fraction of sp³-hybridized carbons (Fsp3) is 0.118. The quantitative estimate of drug-likeness (QED) is 0.0669. The molecule has 0 aliphatic rings. The van der Waals surface area contributed by atoms with Gasteiger partial charge in [0.1, 0.15) is 49.4 Å². The van der Waals surface area contributed by atoms with Gasteiger partial charge in [0.05, 0.1) is 25.2 Å². The molecule has 0 aromatic heterocycles. The molecule has 232 valence electrons. The van der Waals surface area contributed by atoms with Gasteiger partial charge in [-0.05, 0) is 220 Å². The molecule has 0 heterocycles. The van der Waals surface area contributed by atoms with E-state index in [1.54, 1.807) is 0 Å². The Morgan fingerprint density at radius 1 is 0.400 bits per heavy atom. The summed E-state index contributed by atoms with van der Waals surface area (Å²) >= 11 is 13.9. The molecule has 0 saturated heterocycles.